The summed E-state index contributed by atoms with van der Waals surface area (Å²) < 4.78 is 11.2. The van der Waals surface area contributed by atoms with E-state index in [1.807, 2.05) is 31.2 Å². The molecule has 2 atom stereocenters. The second-order valence-corrected chi connectivity index (χ2v) is 6.82. The van der Waals surface area contributed by atoms with E-state index >= 15 is 0 Å². The minimum atomic E-state index is -0.403. The smallest absolute Gasteiger partial charge is 0.230 e. The van der Waals surface area contributed by atoms with E-state index in [1.54, 1.807) is 0 Å². The Labute approximate surface area is 142 Å². The third kappa shape index (κ3) is 3.39. The van der Waals surface area contributed by atoms with Gasteiger partial charge in [-0.2, -0.15) is 0 Å². The fraction of sp³-hybridized carbons (Fsp3) is 0.611. The monoisotopic (exact) mass is 337 g/mol. The Kier molecular flexibility index (Phi) is 5.24. The van der Waals surface area contributed by atoms with E-state index in [0.717, 1.165) is 31.2 Å². The summed E-state index contributed by atoms with van der Waals surface area (Å²) in [5.74, 6) is 0.114. The third-order valence-corrected chi connectivity index (χ3v) is 5.29. The molecule has 1 saturated carbocycles. The fourth-order valence-electron chi connectivity index (χ4n) is 3.51. The first-order valence-electron chi connectivity index (χ1n) is 8.42. The van der Waals surface area contributed by atoms with Gasteiger partial charge in [0, 0.05) is 18.2 Å². The van der Waals surface area contributed by atoms with E-state index in [4.69, 9.17) is 21.1 Å². The number of carbonyl (C=O) groups is 1. The predicted molar refractivity (Wildman–Crippen MR) is 89.8 cm³/mol. The van der Waals surface area contributed by atoms with Crippen LogP contribution in [-0.2, 0) is 19.7 Å². The molecule has 4 nitrogen and oxygen atoms in total. The van der Waals surface area contributed by atoms with Gasteiger partial charge in [-0.25, -0.2) is 0 Å². The SMILES string of the molecule is CCO[C@@H]1COCC[C@H]1NC(=O)C1(c2ccc(Cl)cc2)CCC1. The van der Waals surface area contributed by atoms with Crippen LogP contribution in [0.3, 0.4) is 0 Å². The predicted octanol–water partition coefficient (Wildman–Crippen LogP) is 3.07. The van der Waals surface area contributed by atoms with Crippen molar-refractivity contribution in [1.29, 1.82) is 0 Å². The van der Waals surface area contributed by atoms with Gasteiger partial charge in [-0.05, 0) is 43.9 Å². The molecule has 23 heavy (non-hydrogen) atoms. The zero-order valence-corrected chi connectivity index (χ0v) is 14.3. The van der Waals surface area contributed by atoms with Gasteiger partial charge in [0.2, 0.25) is 5.91 Å². The van der Waals surface area contributed by atoms with Crippen LogP contribution in [0.2, 0.25) is 5.02 Å². The number of rotatable bonds is 5. The quantitative estimate of drug-likeness (QED) is 0.898. The van der Waals surface area contributed by atoms with Crippen LogP contribution < -0.4 is 5.32 Å². The first kappa shape index (κ1) is 16.7. The highest BCUT2D eigenvalue weighted by Gasteiger charge is 2.46. The van der Waals surface area contributed by atoms with Crippen molar-refractivity contribution in [1.82, 2.24) is 5.32 Å². The normalized spacial score (nSPS) is 26.3. The molecule has 0 unspecified atom stereocenters. The summed E-state index contributed by atoms with van der Waals surface area (Å²) in [4.78, 5) is 13.0. The van der Waals surface area contributed by atoms with Gasteiger partial charge in [0.15, 0.2) is 0 Å². The molecule has 1 N–H and O–H groups in total. The average molecular weight is 338 g/mol. The van der Waals surface area contributed by atoms with Gasteiger partial charge >= 0.3 is 0 Å². The Hall–Kier alpha value is -1.10. The van der Waals surface area contributed by atoms with Crippen molar-refractivity contribution in [3.05, 3.63) is 34.9 Å². The lowest BCUT2D eigenvalue weighted by atomic mass is 9.63. The van der Waals surface area contributed by atoms with Gasteiger partial charge in [0.1, 0.15) is 6.10 Å². The van der Waals surface area contributed by atoms with Crippen molar-refractivity contribution >= 4 is 17.5 Å². The van der Waals surface area contributed by atoms with E-state index in [-0.39, 0.29) is 18.1 Å². The summed E-state index contributed by atoms with van der Waals surface area (Å²) in [6.45, 7) is 3.81. The highest BCUT2D eigenvalue weighted by Crippen LogP contribution is 2.44. The van der Waals surface area contributed by atoms with E-state index in [2.05, 4.69) is 5.32 Å². The van der Waals surface area contributed by atoms with Gasteiger partial charge in [0.25, 0.3) is 0 Å². The minimum Gasteiger partial charge on any atom is -0.379 e. The van der Waals surface area contributed by atoms with Gasteiger partial charge in [-0.3, -0.25) is 4.79 Å². The Morgan fingerprint density at radius 2 is 2.13 bits per heavy atom. The van der Waals surface area contributed by atoms with Crippen LogP contribution in [0.5, 0.6) is 0 Å². The lowest BCUT2D eigenvalue weighted by Crippen LogP contribution is -2.57. The maximum absolute atomic E-state index is 13.0. The Morgan fingerprint density at radius 1 is 1.39 bits per heavy atom. The van der Waals surface area contributed by atoms with Crippen molar-refractivity contribution < 1.29 is 14.3 Å². The van der Waals surface area contributed by atoms with Gasteiger partial charge < -0.3 is 14.8 Å². The first-order chi connectivity index (χ1) is 11.2. The topological polar surface area (TPSA) is 47.6 Å². The van der Waals surface area contributed by atoms with Gasteiger partial charge in [-0.15, -0.1) is 0 Å². The maximum atomic E-state index is 13.0. The third-order valence-electron chi connectivity index (χ3n) is 5.04. The second kappa shape index (κ2) is 7.20. The number of amides is 1. The van der Waals surface area contributed by atoms with Crippen LogP contribution in [0.1, 0.15) is 38.2 Å². The molecule has 0 spiro atoms. The molecule has 1 aliphatic carbocycles. The van der Waals surface area contributed by atoms with E-state index in [1.165, 1.54) is 0 Å². The number of hydrogen-bond donors (Lipinski definition) is 1. The number of ether oxygens (including phenoxy) is 2. The van der Waals surface area contributed by atoms with Crippen LogP contribution in [0.25, 0.3) is 0 Å². The summed E-state index contributed by atoms with van der Waals surface area (Å²) in [5.41, 5.74) is 0.658. The molecule has 0 aromatic heterocycles. The molecular weight excluding hydrogens is 314 g/mol. The largest absolute Gasteiger partial charge is 0.379 e. The summed E-state index contributed by atoms with van der Waals surface area (Å²) in [6.07, 6.45) is 3.61. The number of benzene rings is 1. The molecule has 1 aliphatic heterocycles. The lowest BCUT2D eigenvalue weighted by Gasteiger charge is -2.43. The molecule has 1 amide bonds. The summed E-state index contributed by atoms with van der Waals surface area (Å²) in [5, 5.41) is 3.93. The lowest BCUT2D eigenvalue weighted by molar-refractivity contribution is -0.134. The summed E-state index contributed by atoms with van der Waals surface area (Å²) in [6, 6.07) is 7.71. The molecule has 0 bridgehead atoms. The number of halogens is 1. The van der Waals surface area contributed by atoms with Crippen LogP contribution in [-0.4, -0.2) is 37.9 Å². The molecule has 1 aromatic carbocycles. The zero-order valence-electron chi connectivity index (χ0n) is 13.5. The molecule has 2 aliphatic rings. The molecule has 0 radical (unpaired) electrons. The van der Waals surface area contributed by atoms with Gasteiger partial charge in [-0.1, -0.05) is 30.2 Å². The number of hydrogen-bond acceptors (Lipinski definition) is 3. The molecule has 1 aromatic rings. The van der Waals surface area contributed by atoms with Crippen LogP contribution in [0.15, 0.2) is 24.3 Å². The van der Waals surface area contributed by atoms with Crippen LogP contribution >= 0.6 is 11.6 Å². The van der Waals surface area contributed by atoms with Crippen LogP contribution in [0.4, 0.5) is 0 Å². The molecule has 126 valence electrons. The van der Waals surface area contributed by atoms with Crippen molar-refractivity contribution in [2.24, 2.45) is 0 Å². The van der Waals surface area contributed by atoms with Crippen molar-refractivity contribution in [3.8, 4) is 0 Å². The molecule has 3 rings (SSSR count). The van der Waals surface area contributed by atoms with Crippen LogP contribution in [0, 0.1) is 0 Å². The number of nitrogens with one attached hydrogen (secondary N) is 1. The fourth-order valence-corrected chi connectivity index (χ4v) is 3.63. The molecule has 1 saturated heterocycles. The Balaban J connectivity index is 1.73. The van der Waals surface area contributed by atoms with E-state index in [0.29, 0.717) is 24.8 Å². The van der Waals surface area contributed by atoms with E-state index in [9.17, 15) is 4.79 Å². The molecule has 1 heterocycles. The standard InChI is InChI=1S/C18H24ClNO3/c1-2-23-16-12-22-11-8-15(16)20-17(21)18(9-3-10-18)13-4-6-14(19)7-5-13/h4-7,15-16H,2-3,8-12H2,1H3,(H,20,21)/t15-,16-/m1/s1. The number of carbonyl (C=O) groups excluding carboxylic acids is 1. The second-order valence-electron chi connectivity index (χ2n) is 6.38. The minimum absolute atomic E-state index is 0.0287. The molecule has 2 fully saturated rings. The summed E-state index contributed by atoms with van der Waals surface area (Å²) in [7, 11) is 0. The van der Waals surface area contributed by atoms with Gasteiger partial charge in [0.05, 0.1) is 18.1 Å². The Morgan fingerprint density at radius 3 is 2.74 bits per heavy atom. The summed E-state index contributed by atoms with van der Waals surface area (Å²) >= 11 is 5.98. The van der Waals surface area contributed by atoms with E-state index < -0.39 is 5.41 Å². The Bertz CT molecular complexity index is 540. The van der Waals surface area contributed by atoms with Crippen molar-refractivity contribution in [2.45, 2.75) is 50.2 Å². The highest BCUT2D eigenvalue weighted by atomic mass is 35.5. The van der Waals surface area contributed by atoms with Crippen molar-refractivity contribution in [3.63, 3.8) is 0 Å². The van der Waals surface area contributed by atoms with Crippen molar-refractivity contribution in [2.75, 3.05) is 19.8 Å². The molecular formula is C18H24ClNO3. The maximum Gasteiger partial charge on any atom is 0.230 e. The highest BCUT2D eigenvalue weighted by molar-refractivity contribution is 6.30. The zero-order chi connectivity index (χ0) is 16.3. The molecule has 5 heteroatoms. The first-order valence-corrected chi connectivity index (χ1v) is 8.80. The average Bonchev–Trinajstić information content (AvgIpc) is 2.50.